The standard InChI is InChI=1S/C24H16F3NO4S/c1-31-12-20(23(29)30)18-4-2-3-14-5-6-16(11-19(14)18)21-13-33-22(28-21)15-7-9-17(10-8-15)32-24(25,26)27/h2-13H,1H3,(H,29,30)/b20-12+. The van der Waals surface area contributed by atoms with E-state index in [1.807, 2.05) is 29.6 Å². The normalized spacial score (nSPS) is 12.1. The number of alkyl halides is 3. The molecule has 0 aliphatic carbocycles. The van der Waals surface area contributed by atoms with Gasteiger partial charge in [0.25, 0.3) is 0 Å². The molecule has 0 fully saturated rings. The molecule has 33 heavy (non-hydrogen) atoms. The van der Waals surface area contributed by atoms with Gasteiger partial charge in [0.1, 0.15) is 16.3 Å². The van der Waals surface area contributed by atoms with Crippen LogP contribution in [-0.4, -0.2) is 29.5 Å². The first-order valence-corrected chi connectivity index (χ1v) is 10.4. The van der Waals surface area contributed by atoms with Gasteiger partial charge in [-0.3, -0.25) is 0 Å². The van der Waals surface area contributed by atoms with Crippen LogP contribution in [0, 0.1) is 0 Å². The van der Waals surface area contributed by atoms with Crippen molar-refractivity contribution in [3.8, 4) is 27.6 Å². The van der Waals surface area contributed by atoms with Crippen LogP contribution < -0.4 is 4.74 Å². The number of nitrogens with zero attached hydrogens (tertiary/aromatic N) is 1. The molecule has 0 bridgehead atoms. The summed E-state index contributed by atoms with van der Waals surface area (Å²) in [5.41, 5.74) is 2.63. The number of methoxy groups -OCH3 is 1. The van der Waals surface area contributed by atoms with Crippen molar-refractivity contribution < 1.29 is 32.5 Å². The Kier molecular flexibility index (Phi) is 6.06. The zero-order valence-electron chi connectivity index (χ0n) is 17.1. The van der Waals surface area contributed by atoms with Crippen molar-refractivity contribution in [2.45, 2.75) is 6.36 Å². The van der Waals surface area contributed by atoms with Gasteiger partial charge in [-0.25, -0.2) is 9.78 Å². The summed E-state index contributed by atoms with van der Waals surface area (Å²) in [5.74, 6) is -1.41. The van der Waals surface area contributed by atoms with E-state index in [0.717, 1.165) is 16.3 Å². The van der Waals surface area contributed by atoms with Crippen molar-refractivity contribution in [2.75, 3.05) is 7.11 Å². The fraction of sp³-hybridized carbons (Fsp3) is 0.0833. The van der Waals surface area contributed by atoms with Crippen LogP contribution in [0.5, 0.6) is 5.75 Å². The van der Waals surface area contributed by atoms with E-state index < -0.39 is 12.3 Å². The molecule has 4 aromatic rings. The highest BCUT2D eigenvalue weighted by atomic mass is 32.1. The number of rotatable bonds is 6. The van der Waals surface area contributed by atoms with E-state index in [9.17, 15) is 23.1 Å². The minimum atomic E-state index is -4.75. The molecule has 0 atom stereocenters. The molecule has 9 heteroatoms. The third kappa shape index (κ3) is 4.98. The third-order valence-electron chi connectivity index (χ3n) is 4.77. The molecule has 168 valence electrons. The molecule has 1 heterocycles. The molecule has 4 rings (SSSR count). The van der Waals surface area contributed by atoms with Gasteiger partial charge in [-0.2, -0.15) is 0 Å². The molecule has 1 N–H and O–H groups in total. The summed E-state index contributed by atoms with van der Waals surface area (Å²) in [6.45, 7) is 0. The summed E-state index contributed by atoms with van der Waals surface area (Å²) >= 11 is 1.35. The predicted molar refractivity (Wildman–Crippen MR) is 120 cm³/mol. The number of hydrogen-bond donors (Lipinski definition) is 1. The Bertz CT molecular complexity index is 1340. The average Bonchev–Trinajstić information content (AvgIpc) is 3.26. The number of aromatic nitrogens is 1. The van der Waals surface area contributed by atoms with E-state index in [0.29, 0.717) is 21.8 Å². The summed E-state index contributed by atoms with van der Waals surface area (Å²) in [6.07, 6.45) is -3.55. The lowest BCUT2D eigenvalue weighted by Crippen LogP contribution is -2.16. The van der Waals surface area contributed by atoms with Gasteiger partial charge in [0.15, 0.2) is 0 Å². The van der Waals surface area contributed by atoms with E-state index in [4.69, 9.17) is 4.74 Å². The molecule has 3 aromatic carbocycles. The zero-order chi connectivity index (χ0) is 23.6. The van der Waals surface area contributed by atoms with Crippen LogP contribution in [0.1, 0.15) is 5.56 Å². The lowest BCUT2D eigenvalue weighted by molar-refractivity contribution is -0.274. The summed E-state index contributed by atoms with van der Waals surface area (Å²) in [7, 11) is 1.39. The molecule has 0 saturated heterocycles. The SMILES string of the molecule is CO/C=C(/C(=O)O)c1cccc2ccc(-c3csc(-c4ccc(OC(F)(F)F)cc4)n3)cc12. The monoisotopic (exact) mass is 471 g/mol. The van der Waals surface area contributed by atoms with Gasteiger partial charge in [0.2, 0.25) is 0 Å². The first kappa shape index (κ1) is 22.3. The van der Waals surface area contributed by atoms with Gasteiger partial charge in [-0.15, -0.1) is 24.5 Å². The van der Waals surface area contributed by atoms with E-state index in [1.54, 1.807) is 12.1 Å². The zero-order valence-corrected chi connectivity index (χ0v) is 17.9. The molecule has 1 aromatic heterocycles. The number of benzene rings is 3. The second kappa shape index (κ2) is 8.95. The van der Waals surface area contributed by atoms with Crippen LogP contribution in [0.15, 0.2) is 72.3 Å². The number of aliphatic carboxylic acids is 1. The van der Waals surface area contributed by atoms with E-state index in [1.165, 1.54) is 49.0 Å². The summed E-state index contributed by atoms with van der Waals surface area (Å²) in [6, 6.07) is 16.5. The van der Waals surface area contributed by atoms with Crippen LogP contribution >= 0.6 is 11.3 Å². The number of carbonyl (C=O) groups is 1. The maximum absolute atomic E-state index is 12.4. The highest BCUT2D eigenvalue weighted by Gasteiger charge is 2.31. The topological polar surface area (TPSA) is 68.7 Å². The number of halogens is 3. The van der Waals surface area contributed by atoms with Gasteiger partial charge in [-0.1, -0.05) is 30.3 Å². The Labute approximate surface area is 190 Å². The van der Waals surface area contributed by atoms with Gasteiger partial charge in [0, 0.05) is 16.5 Å². The number of ether oxygens (including phenoxy) is 2. The number of carboxylic acid groups (broad SMARTS) is 1. The third-order valence-corrected chi connectivity index (χ3v) is 5.66. The number of thiazole rings is 1. The molecule has 0 aliphatic heterocycles. The molecule has 5 nitrogen and oxygen atoms in total. The van der Waals surface area contributed by atoms with Crippen LogP contribution in [0.2, 0.25) is 0 Å². The van der Waals surface area contributed by atoms with Crippen LogP contribution in [0.4, 0.5) is 13.2 Å². The van der Waals surface area contributed by atoms with Crippen molar-refractivity contribution in [3.63, 3.8) is 0 Å². The Morgan fingerprint density at radius 1 is 1.06 bits per heavy atom. The van der Waals surface area contributed by atoms with Crippen molar-refractivity contribution in [2.24, 2.45) is 0 Å². The van der Waals surface area contributed by atoms with Crippen molar-refractivity contribution >= 4 is 33.7 Å². The lowest BCUT2D eigenvalue weighted by Gasteiger charge is -2.09. The van der Waals surface area contributed by atoms with Gasteiger partial charge in [-0.05, 0) is 46.7 Å². The second-order valence-corrected chi connectivity index (χ2v) is 7.78. The Morgan fingerprint density at radius 3 is 2.45 bits per heavy atom. The predicted octanol–water partition coefficient (Wildman–Crippen LogP) is 6.60. The second-order valence-electron chi connectivity index (χ2n) is 6.92. The minimum Gasteiger partial charge on any atom is -0.503 e. The smallest absolute Gasteiger partial charge is 0.503 e. The molecule has 0 spiro atoms. The van der Waals surface area contributed by atoms with Gasteiger partial charge in [0.05, 0.1) is 19.1 Å². The summed E-state index contributed by atoms with van der Waals surface area (Å²) < 4.78 is 45.9. The van der Waals surface area contributed by atoms with Crippen molar-refractivity contribution in [1.82, 2.24) is 4.98 Å². The average molecular weight is 471 g/mol. The maximum atomic E-state index is 12.4. The van der Waals surface area contributed by atoms with Crippen molar-refractivity contribution in [3.05, 3.63) is 77.9 Å². The fourth-order valence-electron chi connectivity index (χ4n) is 3.35. The number of hydrogen-bond acceptors (Lipinski definition) is 5. The maximum Gasteiger partial charge on any atom is 0.573 e. The highest BCUT2D eigenvalue weighted by Crippen LogP contribution is 2.34. The molecule has 0 unspecified atom stereocenters. The first-order chi connectivity index (χ1) is 15.7. The first-order valence-electron chi connectivity index (χ1n) is 9.56. The van der Waals surface area contributed by atoms with Crippen LogP contribution in [0.3, 0.4) is 0 Å². The Balaban J connectivity index is 1.69. The van der Waals surface area contributed by atoms with E-state index in [-0.39, 0.29) is 11.3 Å². The highest BCUT2D eigenvalue weighted by molar-refractivity contribution is 7.13. The molecular formula is C24H16F3NO4S. The minimum absolute atomic E-state index is 0.0281. The largest absolute Gasteiger partial charge is 0.573 e. The Morgan fingerprint density at radius 2 is 1.79 bits per heavy atom. The molecular weight excluding hydrogens is 455 g/mol. The Hall–Kier alpha value is -3.85. The molecule has 0 amide bonds. The van der Waals surface area contributed by atoms with Crippen molar-refractivity contribution in [1.29, 1.82) is 0 Å². The van der Waals surface area contributed by atoms with E-state index >= 15 is 0 Å². The molecule has 0 aliphatic rings. The van der Waals surface area contributed by atoms with Gasteiger partial charge < -0.3 is 14.6 Å². The number of fused-ring (bicyclic) bond motifs is 1. The number of carboxylic acids is 1. The van der Waals surface area contributed by atoms with Crippen LogP contribution in [0.25, 0.3) is 38.2 Å². The molecule has 0 saturated carbocycles. The van der Waals surface area contributed by atoms with E-state index in [2.05, 4.69) is 9.72 Å². The van der Waals surface area contributed by atoms with Gasteiger partial charge >= 0.3 is 12.3 Å². The lowest BCUT2D eigenvalue weighted by atomic mass is 9.96. The molecule has 0 radical (unpaired) electrons. The summed E-state index contributed by atoms with van der Waals surface area (Å²) in [5, 5.41) is 13.6. The quantitative estimate of drug-likeness (QED) is 0.253. The summed E-state index contributed by atoms with van der Waals surface area (Å²) in [4.78, 5) is 16.3. The van der Waals surface area contributed by atoms with Crippen LogP contribution in [-0.2, 0) is 9.53 Å². The fourth-order valence-corrected chi connectivity index (χ4v) is 4.19.